The summed E-state index contributed by atoms with van der Waals surface area (Å²) in [5, 5.41) is 21.9. The monoisotopic (exact) mass is 353 g/mol. The largest absolute Gasteiger partial charge is 0.391 e. The molecule has 0 spiro atoms. The quantitative estimate of drug-likeness (QED) is 0.758. The molecular formula is C18H19N5O3. The van der Waals surface area contributed by atoms with Gasteiger partial charge in [0.15, 0.2) is 0 Å². The van der Waals surface area contributed by atoms with E-state index >= 15 is 0 Å². The predicted octanol–water partition coefficient (Wildman–Crippen LogP) is 1.24. The predicted molar refractivity (Wildman–Crippen MR) is 91.7 cm³/mol. The maximum absolute atomic E-state index is 13.0. The molecule has 1 fully saturated rings. The van der Waals surface area contributed by atoms with Crippen LogP contribution in [-0.4, -0.2) is 55.0 Å². The Labute approximate surface area is 150 Å². The average molecular weight is 353 g/mol. The number of rotatable bonds is 4. The fraction of sp³-hybridized carbons (Fsp3) is 0.333. The molecular weight excluding hydrogens is 334 g/mol. The first kappa shape index (κ1) is 16.5. The Balaban J connectivity index is 1.53. The van der Waals surface area contributed by atoms with Crippen LogP contribution in [0.25, 0.3) is 5.69 Å². The SMILES string of the molecule is Cc1cc(C[C@@H]2CN(C(=O)c3ccccc3-n3cnnc3)C[C@H]2O)on1. The first-order valence-electron chi connectivity index (χ1n) is 8.45. The number of β-amino-alcohol motifs (C(OH)–C–C–N with tert-alkyl or cyclic N) is 1. The zero-order valence-corrected chi connectivity index (χ0v) is 14.3. The molecule has 0 radical (unpaired) electrons. The highest BCUT2D eigenvalue weighted by atomic mass is 16.5. The molecule has 0 unspecified atom stereocenters. The lowest BCUT2D eigenvalue weighted by molar-refractivity contribution is 0.0764. The van der Waals surface area contributed by atoms with Crippen molar-refractivity contribution in [3.05, 3.63) is 60.0 Å². The number of aromatic nitrogens is 4. The van der Waals surface area contributed by atoms with Crippen LogP contribution in [0.5, 0.6) is 0 Å². The van der Waals surface area contributed by atoms with E-state index in [1.54, 1.807) is 28.2 Å². The van der Waals surface area contributed by atoms with Crippen molar-refractivity contribution in [3.63, 3.8) is 0 Å². The van der Waals surface area contributed by atoms with Crippen molar-refractivity contribution in [2.24, 2.45) is 5.92 Å². The lowest BCUT2D eigenvalue weighted by Gasteiger charge is -2.18. The van der Waals surface area contributed by atoms with Gasteiger partial charge >= 0.3 is 0 Å². The number of para-hydroxylation sites is 1. The van der Waals surface area contributed by atoms with Crippen molar-refractivity contribution < 1.29 is 14.4 Å². The third-order valence-electron chi connectivity index (χ3n) is 4.67. The topological polar surface area (TPSA) is 97.3 Å². The molecule has 0 bridgehead atoms. The van der Waals surface area contributed by atoms with Gasteiger partial charge in [-0.2, -0.15) is 0 Å². The summed E-state index contributed by atoms with van der Waals surface area (Å²) < 4.78 is 6.94. The lowest BCUT2D eigenvalue weighted by atomic mass is 10.0. The van der Waals surface area contributed by atoms with Crippen LogP contribution >= 0.6 is 0 Å². The normalized spacial score (nSPS) is 19.8. The Morgan fingerprint density at radius 2 is 2.04 bits per heavy atom. The van der Waals surface area contributed by atoms with Gasteiger partial charge < -0.3 is 14.5 Å². The van der Waals surface area contributed by atoms with Crippen LogP contribution in [0.4, 0.5) is 0 Å². The molecule has 8 heteroatoms. The first-order chi connectivity index (χ1) is 12.6. The van der Waals surface area contributed by atoms with Gasteiger partial charge in [0.1, 0.15) is 18.4 Å². The molecule has 1 aliphatic rings. The van der Waals surface area contributed by atoms with E-state index in [1.807, 2.05) is 31.2 Å². The van der Waals surface area contributed by atoms with E-state index in [4.69, 9.17) is 4.52 Å². The van der Waals surface area contributed by atoms with Crippen molar-refractivity contribution in [2.45, 2.75) is 19.4 Å². The second-order valence-corrected chi connectivity index (χ2v) is 6.56. The average Bonchev–Trinajstić information content (AvgIpc) is 3.37. The zero-order chi connectivity index (χ0) is 18.1. The van der Waals surface area contributed by atoms with Gasteiger partial charge in [-0.15, -0.1) is 10.2 Å². The molecule has 4 rings (SSSR count). The van der Waals surface area contributed by atoms with Crippen LogP contribution in [0.3, 0.4) is 0 Å². The molecule has 0 aliphatic carbocycles. The Kier molecular flexibility index (Phi) is 4.26. The molecule has 1 aromatic carbocycles. The molecule has 1 saturated heterocycles. The minimum Gasteiger partial charge on any atom is -0.391 e. The highest BCUT2D eigenvalue weighted by Crippen LogP contribution is 2.25. The van der Waals surface area contributed by atoms with E-state index in [9.17, 15) is 9.90 Å². The molecule has 2 atom stereocenters. The third kappa shape index (κ3) is 3.11. The van der Waals surface area contributed by atoms with Crippen LogP contribution in [0.2, 0.25) is 0 Å². The fourth-order valence-corrected chi connectivity index (χ4v) is 3.37. The van der Waals surface area contributed by atoms with Gasteiger partial charge in [-0.05, 0) is 19.1 Å². The van der Waals surface area contributed by atoms with Crippen LogP contribution in [0.1, 0.15) is 21.8 Å². The van der Waals surface area contributed by atoms with Gasteiger partial charge in [0.05, 0.1) is 23.0 Å². The molecule has 3 heterocycles. The summed E-state index contributed by atoms with van der Waals surface area (Å²) in [4.78, 5) is 14.7. The number of amides is 1. The highest BCUT2D eigenvalue weighted by Gasteiger charge is 2.35. The Hall–Kier alpha value is -3.00. The molecule has 0 saturated carbocycles. The van der Waals surface area contributed by atoms with Crippen molar-refractivity contribution in [2.75, 3.05) is 13.1 Å². The Bertz CT molecular complexity index is 905. The number of nitrogens with zero attached hydrogens (tertiary/aromatic N) is 5. The van der Waals surface area contributed by atoms with E-state index in [0.29, 0.717) is 30.8 Å². The highest BCUT2D eigenvalue weighted by molar-refractivity contribution is 5.98. The summed E-state index contributed by atoms with van der Waals surface area (Å²) in [5.74, 6) is 0.531. The van der Waals surface area contributed by atoms with Crippen molar-refractivity contribution in [3.8, 4) is 5.69 Å². The van der Waals surface area contributed by atoms with Gasteiger partial charge in [-0.3, -0.25) is 9.36 Å². The second kappa shape index (κ2) is 6.72. The molecule has 3 aromatic rings. The smallest absolute Gasteiger partial charge is 0.256 e. The summed E-state index contributed by atoms with van der Waals surface area (Å²) in [6, 6.07) is 9.16. The van der Waals surface area contributed by atoms with E-state index in [2.05, 4.69) is 15.4 Å². The third-order valence-corrected chi connectivity index (χ3v) is 4.67. The van der Waals surface area contributed by atoms with E-state index in [-0.39, 0.29) is 11.8 Å². The van der Waals surface area contributed by atoms with Crippen LogP contribution < -0.4 is 0 Å². The summed E-state index contributed by atoms with van der Waals surface area (Å²) in [5.41, 5.74) is 2.07. The number of hydrogen-bond acceptors (Lipinski definition) is 6. The van der Waals surface area contributed by atoms with Crippen LogP contribution in [0, 0.1) is 12.8 Å². The number of aliphatic hydroxyl groups is 1. The number of hydrogen-bond donors (Lipinski definition) is 1. The number of carbonyl (C=O) groups is 1. The van der Waals surface area contributed by atoms with Gasteiger partial charge in [0.25, 0.3) is 5.91 Å². The lowest BCUT2D eigenvalue weighted by Crippen LogP contribution is -2.30. The molecule has 1 amide bonds. The summed E-state index contributed by atoms with van der Waals surface area (Å²) in [6.07, 6.45) is 3.07. The Morgan fingerprint density at radius 3 is 2.77 bits per heavy atom. The van der Waals surface area contributed by atoms with Crippen molar-refractivity contribution in [1.29, 1.82) is 0 Å². The zero-order valence-electron chi connectivity index (χ0n) is 14.3. The Morgan fingerprint density at radius 1 is 1.27 bits per heavy atom. The number of aryl methyl sites for hydroxylation is 1. The maximum atomic E-state index is 13.0. The van der Waals surface area contributed by atoms with E-state index in [1.165, 1.54) is 0 Å². The van der Waals surface area contributed by atoms with Crippen LogP contribution in [0.15, 0.2) is 47.5 Å². The number of benzene rings is 1. The number of carbonyl (C=O) groups excluding carboxylic acids is 1. The van der Waals surface area contributed by atoms with Gasteiger partial charge in [0, 0.05) is 31.5 Å². The molecule has 26 heavy (non-hydrogen) atoms. The minimum absolute atomic E-state index is 0.0756. The molecule has 134 valence electrons. The van der Waals surface area contributed by atoms with E-state index in [0.717, 1.165) is 11.5 Å². The fourth-order valence-electron chi connectivity index (χ4n) is 3.37. The number of likely N-dealkylation sites (tertiary alicyclic amines) is 1. The van der Waals surface area contributed by atoms with E-state index < -0.39 is 6.10 Å². The first-order valence-corrected chi connectivity index (χ1v) is 8.45. The van der Waals surface area contributed by atoms with Crippen molar-refractivity contribution >= 4 is 5.91 Å². The molecule has 1 aliphatic heterocycles. The van der Waals surface area contributed by atoms with Gasteiger partial charge in [-0.25, -0.2) is 0 Å². The second-order valence-electron chi connectivity index (χ2n) is 6.56. The molecule has 1 N–H and O–H groups in total. The van der Waals surface area contributed by atoms with Crippen molar-refractivity contribution in [1.82, 2.24) is 24.8 Å². The number of aliphatic hydroxyl groups excluding tert-OH is 1. The molecule has 8 nitrogen and oxygen atoms in total. The van der Waals surface area contributed by atoms with Gasteiger partial charge in [-0.1, -0.05) is 17.3 Å². The van der Waals surface area contributed by atoms with Gasteiger partial charge in [0.2, 0.25) is 0 Å². The summed E-state index contributed by atoms with van der Waals surface area (Å²) in [7, 11) is 0. The van der Waals surface area contributed by atoms with Crippen LogP contribution in [-0.2, 0) is 6.42 Å². The molecule has 2 aromatic heterocycles. The maximum Gasteiger partial charge on any atom is 0.256 e. The minimum atomic E-state index is -0.591. The summed E-state index contributed by atoms with van der Waals surface area (Å²) >= 11 is 0. The summed E-state index contributed by atoms with van der Waals surface area (Å²) in [6.45, 7) is 2.62. The standard InChI is InChI=1S/C18H19N5O3/c1-12-6-14(26-21-12)7-13-8-22(9-17(13)24)18(25)15-4-2-3-5-16(15)23-10-19-20-11-23/h2-6,10-11,13,17,24H,7-9H2,1H3/t13-,17-/m1/s1.